The van der Waals surface area contributed by atoms with Crippen molar-refractivity contribution in [2.75, 3.05) is 0 Å². The fourth-order valence-electron chi connectivity index (χ4n) is 1.78. The van der Waals surface area contributed by atoms with E-state index in [2.05, 4.69) is 26.4 Å². The third-order valence-corrected chi connectivity index (χ3v) is 4.07. The van der Waals surface area contributed by atoms with E-state index in [4.69, 9.17) is 10.9 Å². The molecule has 0 heterocycles. The molecule has 1 aromatic carbocycles. The van der Waals surface area contributed by atoms with Gasteiger partial charge < -0.3 is 16.3 Å². The first-order valence-corrected chi connectivity index (χ1v) is 7.19. The molecule has 0 saturated carbocycles. The Kier molecular flexibility index (Phi) is 5.56. The molecule has 0 saturated heterocycles. The molecule has 0 fully saturated rings. The first-order valence-electron chi connectivity index (χ1n) is 6.39. The molecular weight excluding hydrogens is 322 g/mol. The molecule has 0 bridgehead atoms. The number of amidine groups is 1. The van der Waals surface area contributed by atoms with E-state index in [1.807, 2.05) is 38.1 Å². The summed E-state index contributed by atoms with van der Waals surface area (Å²) in [4.78, 5) is 12.4. The van der Waals surface area contributed by atoms with Crippen molar-refractivity contribution >= 4 is 27.7 Å². The van der Waals surface area contributed by atoms with Crippen LogP contribution in [0, 0.1) is 5.41 Å². The summed E-state index contributed by atoms with van der Waals surface area (Å²) in [5, 5.41) is 14.7. The van der Waals surface area contributed by atoms with Crippen LogP contribution in [-0.4, -0.2) is 17.0 Å². The van der Waals surface area contributed by atoms with Crippen molar-refractivity contribution in [3.63, 3.8) is 0 Å². The van der Waals surface area contributed by atoms with Crippen molar-refractivity contribution in [2.45, 2.75) is 33.2 Å². The number of amides is 1. The van der Waals surface area contributed by atoms with E-state index < -0.39 is 5.41 Å². The van der Waals surface area contributed by atoms with Crippen LogP contribution in [0.15, 0.2) is 33.9 Å². The van der Waals surface area contributed by atoms with Gasteiger partial charge >= 0.3 is 0 Å². The molecule has 0 spiro atoms. The smallest absolute Gasteiger partial charge is 0.234 e. The first-order chi connectivity index (χ1) is 9.35. The second-order valence-corrected chi connectivity index (χ2v) is 5.84. The Morgan fingerprint density at radius 1 is 1.60 bits per heavy atom. The van der Waals surface area contributed by atoms with Crippen LogP contribution in [0.25, 0.3) is 0 Å². The molecule has 0 radical (unpaired) electrons. The lowest BCUT2D eigenvalue weighted by molar-refractivity contribution is -0.127. The van der Waals surface area contributed by atoms with Crippen LogP contribution < -0.4 is 11.1 Å². The summed E-state index contributed by atoms with van der Waals surface area (Å²) in [6.45, 7) is 5.37. The molecule has 4 N–H and O–H groups in total. The zero-order valence-electron chi connectivity index (χ0n) is 11.9. The molecular formula is C14H20BrN3O2. The Hall–Kier alpha value is -1.56. The molecule has 1 rings (SSSR count). The summed E-state index contributed by atoms with van der Waals surface area (Å²) in [5.41, 5.74) is 5.59. The summed E-state index contributed by atoms with van der Waals surface area (Å²) < 4.78 is 0.950. The molecule has 0 aliphatic rings. The lowest BCUT2D eigenvalue weighted by Crippen LogP contribution is -2.48. The van der Waals surface area contributed by atoms with Crippen molar-refractivity contribution in [3.8, 4) is 0 Å². The van der Waals surface area contributed by atoms with Gasteiger partial charge in [-0.05, 0) is 38.0 Å². The van der Waals surface area contributed by atoms with Crippen LogP contribution in [-0.2, 0) is 4.79 Å². The van der Waals surface area contributed by atoms with Crippen LogP contribution >= 0.6 is 15.9 Å². The molecule has 110 valence electrons. The Balaban J connectivity index is 2.89. The summed E-state index contributed by atoms with van der Waals surface area (Å²) in [6.07, 6.45) is 0.444. The van der Waals surface area contributed by atoms with Crippen LogP contribution in [0.1, 0.15) is 38.8 Å². The van der Waals surface area contributed by atoms with E-state index in [0.717, 1.165) is 10.0 Å². The maximum Gasteiger partial charge on any atom is 0.234 e. The highest BCUT2D eigenvalue weighted by Crippen LogP contribution is 2.24. The highest BCUT2D eigenvalue weighted by molar-refractivity contribution is 9.10. The Morgan fingerprint density at radius 2 is 2.25 bits per heavy atom. The summed E-state index contributed by atoms with van der Waals surface area (Å²) in [6, 6.07) is 7.53. The zero-order valence-corrected chi connectivity index (χ0v) is 13.4. The number of carbonyl (C=O) groups excluding carboxylic acids is 1. The molecule has 6 heteroatoms. The molecule has 5 nitrogen and oxygen atoms in total. The van der Waals surface area contributed by atoms with Crippen LogP contribution in [0.2, 0.25) is 0 Å². The predicted molar refractivity (Wildman–Crippen MR) is 82.5 cm³/mol. The number of hydrogen-bond donors (Lipinski definition) is 3. The zero-order chi connectivity index (χ0) is 15.3. The van der Waals surface area contributed by atoms with Crippen LogP contribution in [0.5, 0.6) is 0 Å². The van der Waals surface area contributed by atoms with Crippen molar-refractivity contribution in [3.05, 3.63) is 34.3 Å². The number of benzene rings is 1. The fourth-order valence-corrected chi connectivity index (χ4v) is 2.20. The maximum absolute atomic E-state index is 12.4. The van der Waals surface area contributed by atoms with Crippen molar-refractivity contribution in [2.24, 2.45) is 16.3 Å². The third-order valence-electron chi connectivity index (χ3n) is 3.58. The summed E-state index contributed by atoms with van der Waals surface area (Å²) >= 11 is 3.40. The largest absolute Gasteiger partial charge is 0.409 e. The predicted octanol–water partition coefficient (Wildman–Crippen LogP) is 2.79. The minimum absolute atomic E-state index is 0.0843. The maximum atomic E-state index is 12.4. The fraction of sp³-hybridized carbons (Fsp3) is 0.429. The molecule has 2 unspecified atom stereocenters. The first kappa shape index (κ1) is 16.5. The number of nitrogens with two attached hydrogens (primary N) is 1. The lowest BCUT2D eigenvalue weighted by atomic mass is 9.84. The molecule has 20 heavy (non-hydrogen) atoms. The van der Waals surface area contributed by atoms with E-state index in [-0.39, 0.29) is 17.8 Å². The number of halogens is 1. The topological polar surface area (TPSA) is 87.7 Å². The Labute approximate surface area is 127 Å². The molecule has 2 atom stereocenters. The minimum atomic E-state index is -1.02. The third kappa shape index (κ3) is 3.50. The van der Waals surface area contributed by atoms with Gasteiger partial charge in [-0.1, -0.05) is 40.1 Å². The summed E-state index contributed by atoms with van der Waals surface area (Å²) in [5.74, 6) is -0.346. The highest BCUT2D eigenvalue weighted by atomic mass is 79.9. The molecule has 0 aliphatic heterocycles. The second kappa shape index (κ2) is 6.74. The number of oxime groups is 1. The second-order valence-electron chi connectivity index (χ2n) is 4.92. The van der Waals surface area contributed by atoms with Gasteiger partial charge in [0, 0.05) is 4.47 Å². The van der Waals surface area contributed by atoms with Gasteiger partial charge in [0.05, 0.1) is 6.04 Å². The van der Waals surface area contributed by atoms with Gasteiger partial charge in [0.15, 0.2) is 5.84 Å². The van der Waals surface area contributed by atoms with Crippen molar-refractivity contribution in [1.29, 1.82) is 0 Å². The average Bonchev–Trinajstić information content (AvgIpc) is 2.45. The van der Waals surface area contributed by atoms with Crippen molar-refractivity contribution in [1.82, 2.24) is 5.32 Å². The van der Waals surface area contributed by atoms with Gasteiger partial charge in [-0.3, -0.25) is 4.79 Å². The van der Waals surface area contributed by atoms with E-state index in [1.54, 1.807) is 6.92 Å². The van der Waals surface area contributed by atoms with Crippen LogP contribution in [0.4, 0.5) is 0 Å². The Morgan fingerprint density at radius 3 is 2.75 bits per heavy atom. The van der Waals surface area contributed by atoms with Gasteiger partial charge in [-0.25, -0.2) is 0 Å². The van der Waals surface area contributed by atoms with E-state index in [0.29, 0.717) is 6.42 Å². The average molecular weight is 342 g/mol. The number of rotatable bonds is 5. The SMILES string of the molecule is CCC(C)(C(=O)NC(C)c1cccc(Br)c1)/C(N)=N/O. The minimum Gasteiger partial charge on any atom is -0.409 e. The monoisotopic (exact) mass is 341 g/mol. The van der Waals surface area contributed by atoms with Gasteiger partial charge in [0.25, 0.3) is 0 Å². The summed E-state index contributed by atoms with van der Waals surface area (Å²) in [7, 11) is 0. The number of nitrogens with one attached hydrogen (secondary N) is 1. The molecule has 1 amide bonds. The highest BCUT2D eigenvalue weighted by Gasteiger charge is 2.37. The van der Waals surface area contributed by atoms with Gasteiger partial charge in [-0.2, -0.15) is 0 Å². The van der Waals surface area contributed by atoms with E-state index in [1.165, 1.54) is 0 Å². The van der Waals surface area contributed by atoms with E-state index in [9.17, 15) is 4.79 Å². The van der Waals surface area contributed by atoms with Crippen molar-refractivity contribution < 1.29 is 10.0 Å². The molecule has 1 aromatic rings. The molecule has 0 aromatic heterocycles. The van der Waals surface area contributed by atoms with Gasteiger partial charge in [0.1, 0.15) is 5.41 Å². The number of hydrogen-bond acceptors (Lipinski definition) is 3. The van der Waals surface area contributed by atoms with Crippen LogP contribution in [0.3, 0.4) is 0 Å². The number of carbonyl (C=O) groups is 1. The Bertz CT molecular complexity index is 519. The molecule has 0 aliphatic carbocycles. The standard InChI is InChI=1S/C14H20BrN3O2/c1-4-14(3,12(16)18-20)13(19)17-9(2)10-6-5-7-11(15)8-10/h5-9,20H,4H2,1-3H3,(H2,16,18)(H,17,19). The van der Waals surface area contributed by atoms with Gasteiger partial charge in [0.2, 0.25) is 5.91 Å². The lowest BCUT2D eigenvalue weighted by Gasteiger charge is -2.27. The quantitative estimate of drug-likeness (QED) is 0.333. The van der Waals surface area contributed by atoms with Gasteiger partial charge in [-0.15, -0.1) is 0 Å². The van der Waals surface area contributed by atoms with E-state index >= 15 is 0 Å². The normalized spacial score (nSPS) is 16.3. The number of nitrogens with zero attached hydrogens (tertiary/aromatic N) is 1.